The molecule has 1 saturated carbocycles. The highest BCUT2D eigenvalue weighted by atomic mass is 35.5. The molecule has 112 valence electrons. The molecule has 19 heavy (non-hydrogen) atoms. The molecule has 0 aromatic heterocycles. The van der Waals surface area contributed by atoms with Crippen molar-refractivity contribution in [2.45, 2.75) is 57.1 Å². The first-order valence-corrected chi connectivity index (χ1v) is 7.32. The van der Waals surface area contributed by atoms with Gasteiger partial charge in [0.25, 0.3) is 0 Å². The quantitative estimate of drug-likeness (QED) is 0.813. The van der Waals surface area contributed by atoms with Crippen LogP contribution in [0.1, 0.15) is 44.9 Å². The summed E-state index contributed by atoms with van der Waals surface area (Å²) in [6.45, 7) is 2.19. The molecular formula is C14H27ClN2O2. The van der Waals surface area contributed by atoms with E-state index < -0.39 is 0 Å². The molecule has 3 unspecified atom stereocenters. The minimum atomic E-state index is 0. The highest BCUT2D eigenvalue weighted by Gasteiger charge is 2.26. The molecule has 3 atom stereocenters. The van der Waals surface area contributed by atoms with Gasteiger partial charge < -0.3 is 15.4 Å². The molecule has 4 nitrogen and oxygen atoms in total. The predicted octanol–water partition coefficient (Wildman–Crippen LogP) is 1.87. The van der Waals surface area contributed by atoms with Crippen molar-refractivity contribution in [1.29, 1.82) is 0 Å². The van der Waals surface area contributed by atoms with Gasteiger partial charge in [-0.2, -0.15) is 0 Å². The molecule has 2 fully saturated rings. The van der Waals surface area contributed by atoms with Gasteiger partial charge in [0.1, 0.15) is 0 Å². The molecule has 0 spiro atoms. The van der Waals surface area contributed by atoms with Gasteiger partial charge in [-0.15, -0.1) is 12.4 Å². The SMILES string of the molecule is COC1CCCCC1NC(=O)CCC1CCNC1.Cl. The Hall–Kier alpha value is -0.320. The summed E-state index contributed by atoms with van der Waals surface area (Å²) in [6, 6.07) is 0.234. The molecular weight excluding hydrogens is 264 g/mol. The van der Waals surface area contributed by atoms with Gasteiger partial charge in [0.2, 0.25) is 5.91 Å². The average molecular weight is 291 g/mol. The second-order valence-corrected chi connectivity index (χ2v) is 5.63. The molecule has 1 aliphatic carbocycles. The van der Waals surface area contributed by atoms with Gasteiger partial charge in [-0.25, -0.2) is 0 Å². The van der Waals surface area contributed by atoms with Crippen LogP contribution in [0, 0.1) is 5.92 Å². The van der Waals surface area contributed by atoms with Crippen LogP contribution in [0.25, 0.3) is 0 Å². The maximum atomic E-state index is 11.9. The lowest BCUT2D eigenvalue weighted by Crippen LogP contribution is -2.46. The van der Waals surface area contributed by atoms with Crippen molar-refractivity contribution in [2.75, 3.05) is 20.2 Å². The molecule has 2 aliphatic rings. The lowest BCUT2D eigenvalue weighted by molar-refractivity contribution is -0.123. The molecule has 0 aromatic rings. The van der Waals surface area contributed by atoms with E-state index in [2.05, 4.69) is 10.6 Å². The van der Waals surface area contributed by atoms with Crippen LogP contribution in [0.2, 0.25) is 0 Å². The number of nitrogens with one attached hydrogen (secondary N) is 2. The molecule has 1 heterocycles. The van der Waals surface area contributed by atoms with Crippen molar-refractivity contribution in [1.82, 2.24) is 10.6 Å². The van der Waals surface area contributed by atoms with E-state index in [0.29, 0.717) is 12.3 Å². The Bertz CT molecular complexity index is 270. The second kappa shape index (κ2) is 8.77. The largest absolute Gasteiger partial charge is 0.379 e. The van der Waals surface area contributed by atoms with Gasteiger partial charge >= 0.3 is 0 Å². The van der Waals surface area contributed by atoms with Gasteiger partial charge in [0.15, 0.2) is 0 Å². The molecule has 0 bridgehead atoms. The third-order valence-corrected chi connectivity index (χ3v) is 4.29. The molecule has 1 saturated heterocycles. The Labute approximate surface area is 122 Å². The predicted molar refractivity (Wildman–Crippen MR) is 78.7 cm³/mol. The third-order valence-electron chi connectivity index (χ3n) is 4.29. The van der Waals surface area contributed by atoms with Crippen molar-refractivity contribution in [3.8, 4) is 0 Å². The lowest BCUT2D eigenvalue weighted by Gasteiger charge is -2.31. The number of carbonyl (C=O) groups is 1. The zero-order chi connectivity index (χ0) is 12.8. The smallest absolute Gasteiger partial charge is 0.220 e. The summed E-state index contributed by atoms with van der Waals surface area (Å²) >= 11 is 0. The number of hydrogen-bond donors (Lipinski definition) is 2. The van der Waals surface area contributed by atoms with E-state index in [1.54, 1.807) is 7.11 Å². The average Bonchev–Trinajstić information content (AvgIpc) is 2.90. The van der Waals surface area contributed by atoms with Gasteiger partial charge in [-0.1, -0.05) is 12.8 Å². The first-order valence-electron chi connectivity index (χ1n) is 7.32. The number of amides is 1. The standard InChI is InChI=1S/C14H26N2O2.ClH/c1-18-13-5-3-2-4-12(13)16-14(17)7-6-11-8-9-15-10-11;/h11-13,15H,2-10H2,1H3,(H,16,17);1H. The second-order valence-electron chi connectivity index (χ2n) is 5.63. The van der Waals surface area contributed by atoms with Gasteiger partial charge in [-0.3, -0.25) is 4.79 Å². The number of methoxy groups -OCH3 is 1. The zero-order valence-corrected chi connectivity index (χ0v) is 12.6. The minimum Gasteiger partial charge on any atom is -0.379 e. The molecule has 0 aromatic carbocycles. The van der Waals surface area contributed by atoms with Crippen molar-refractivity contribution >= 4 is 18.3 Å². The van der Waals surface area contributed by atoms with Crippen LogP contribution in [-0.2, 0) is 9.53 Å². The summed E-state index contributed by atoms with van der Waals surface area (Å²) in [5, 5.41) is 6.50. The number of rotatable bonds is 5. The van der Waals surface area contributed by atoms with Gasteiger partial charge in [0, 0.05) is 13.5 Å². The minimum absolute atomic E-state index is 0. The Balaban J connectivity index is 0.00000180. The molecule has 2 rings (SSSR count). The van der Waals surface area contributed by atoms with Crippen molar-refractivity contribution in [3.63, 3.8) is 0 Å². The van der Waals surface area contributed by atoms with E-state index in [0.717, 1.165) is 32.4 Å². The first-order chi connectivity index (χ1) is 8.79. The molecule has 0 radical (unpaired) electrons. The van der Waals surface area contributed by atoms with Crippen molar-refractivity contribution in [2.24, 2.45) is 5.92 Å². The number of carbonyl (C=O) groups excluding carboxylic acids is 1. The van der Waals surface area contributed by atoms with Crippen molar-refractivity contribution in [3.05, 3.63) is 0 Å². The molecule has 5 heteroatoms. The summed E-state index contributed by atoms with van der Waals surface area (Å²) in [4.78, 5) is 11.9. The third kappa shape index (κ3) is 5.28. The Kier molecular flexibility index (Phi) is 7.73. The topological polar surface area (TPSA) is 50.4 Å². The van der Waals surface area contributed by atoms with E-state index in [1.807, 2.05) is 0 Å². The summed E-state index contributed by atoms with van der Waals surface area (Å²) < 4.78 is 5.46. The van der Waals surface area contributed by atoms with Crippen molar-refractivity contribution < 1.29 is 9.53 Å². The fourth-order valence-electron chi connectivity index (χ4n) is 3.12. The van der Waals surface area contributed by atoms with Crippen LogP contribution in [0.15, 0.2) is 0 Å². The zero-order valence-electron chi connectivity index (χ0n) is 11.8. The lowest BCUT2D eigenvalue weighted by atomic mass is 9.92. The highest BCUT2D eigenvalue weighted by molar-refractivity contribution is 5.85. The van der Waals surface area contributed by atoms with Crippen LogP contribution in [0.4, 0.5) is 0 Å². The Morgan fingerprint density at radius 2 is 2.11 bits per heavy atom. The van der Waals surface area contributed by atoms with Crippen LogP contribution in [-0.4, -0.2) is 38.3 Å². The van der Waals surface area contributed by atoms with Gasteiger partial charge in [0.05, 0.1) is 12.1 Å². The Morgan fingerprint density at radius 1 is 1.32 bits per heavy atom. The number of hydrogen-bond acceptors (Lipinski definition) is 3. The summed E-state index contributed by atoms with van der Waals surface area (Å²) in [7, 11) is 1.75. The van der Waals surface area contributed by atoms with Crippen LogP contribution >= 0.6 is 12.4 Å². The van der Waals surface area contributed by atoms with E-state index >= 15 is 0 Å². The fraction of sp³-hybridized carbons (Fsp3) is 0.929. The summed E-state index contributed by atoms with van der Waals surface area (Å²) in [5.74, 6) is 0.899. The van der Waals surface area contributed by atoms with Crippen LogP contribution < -0.4 is 10.6 Å². The van der Waals surface area contributed by atoms with E-state index in [-0.39, 0.29) is 30.5 Å². The normalized spacial score (nSPS) is 30.7. The van der Waals surface area contributed by atoms with Crippen LogP contribution in [0.5, 0.6) is 0 Å². The first kappa shape index (κ1) is 16.7. The van der Waals surface area contributed by atoms with E-state index in [1.165, 1.54) is 19.3 Å². The number of halogens is 1. The Morgan fingerprint density at radius 3 is 2.79 bits per heavy atom. The summed E-state index contributed by atoms with van der Waals surface area (Å²) in [5.41, 5.74) is 0. The highest BCUT2D eigenvalue weighted by Crippen LogP contribution is 2.21. The molecule has 1 amide bonds. The fourth-order valence-corrected chi connectivity index (χ4v) is 3.12. The maximum absolute atomic E-state index is 11.9. The van der Waals surface area contributed by atoms with E-state index in [4.69, 9.17) is 4.74 Å². The number of ether oxygens (including phenoxy) is 1. The van der Waals surface area contributed by atoms with Gasteiger partial charge in [-0.05, 0) is 44.7 Å². The maximum Gasteiger partial charge on any atom is 0.220 e. The summed E-state index contributed by atoms with van der Waals surface area (Å²) in [6.07, 6.45) is 7.69. The van der Waals surface area contributed by atoms with E-state index in [9.17, 15) is 4.79 Å². The molecule has 1 aliphatic heterocycles. The van der Waals surface area contributed by atoms with Crippen LogP contribution in [0.3, 0.4) is 0 Å². The monoisotopic (exact) mass is 290 g/mol. The molecule has 2 N–H and O–H groups in total.